The highest BCUT2D eigenvalue weighted by Gasteiger charge is 2.20. The van der Waals surface area contributed by atoms with E-state index in [4.69, 9.17) is 9.52 Å². The number of rotatable bonds is 9. The monoisotopic (exact) mass is 384 g/mol. The summed E-state index contributed by atoms with van der Waals surface area (Å²) in [6.45, 7) is 0.501. The van der Waals surface area contributed by atoms with Gasteiger partial charge in [0.2, 0.25) is 0 Å². The predicted molar refractivity (Wildman–Crippen MR) is 104 cm³/mol. The molecule has 0 saturated heterocycles. The molecule has 6 nitrogen and oxygen atoms in total. The number of carbonyl (C=O) groups excluding carboxylic acids is 1. The van der Waals surface area contributed by atoms with Gasteiger partial charge >= 0.3 is 5.97 Å². The van der Waals surface area contributed by atoms with Crippen LogP contribution in [0.3, 0.4) is 0 Å². The largest absolute Gasteiger partial charge is 0.481 e. The molecule has 0 saturated carbocycles. The molecule has 3 aromatic rings. The van der Waals surface area contributed by atoms with Crippen LogP contribution in [0.25, 0.3) is 22.0 Å². The number of hydrogen-bond donors (Lipinski definition) is 2. The summed E-state index contributed by atoms with van der Waals surface area (Å²) in [5.74, 6) is -0.339. The van der Waals surface area contributed by atoms with E-state index in [1.165, 1.54) is 11.3 Å². The van der Waals surface area contributed by atoms with Crippen molar-refractivity contribution in [3.8, 4) is 22.0 Å². The molecular formula is C20H20N2O4S. The Balaban J connectivity index is 1.71. The zero-order chi connectivity index (χ0) is 19.1. The molecule has 140 valence electrons. The molecule has 0 aliphatic heterocycles. The number of hydrogen-bond acceptors (Lipinski definition) is 5. The van der Waals surface area contributed by atoms with Crippen LogP contribution < -0.4 is 5.32 Å². The normalized spacial score (nSPS) is 10.7. The first-order valence-corrected chi connectivity index (χ1v) is 9.57. The van der Waals surface area contributed by atoms with Crippen molar-refractivity contribution in [3.05, 3.63) is 53.6 Å². The summed E-state index contributed by atoms with van der Waals surface area (Å²) in [4.78, 5) is 28.4. The first kappa shape index (κ1) is 18.8. The van der Waals surface area contributed by atoms with Gasteiger partial charge in [0.15, 0.2) is 10.8 Å². The van der Waals surface area contributed by atoms with E-state index in [1.54, 1.807) is 12.3 Å². The molecule has 0 spiro atoms. The summed E-state index contributed by atoms with van der Waals surface area (Å²) in [7, 11) is 0. The van der Waals surface area contributed by atoms with Gasteiger partial charge in [0.05, 0.1) is 12.0 Å². The number of carbonyl (C=O) groups is 2. The van der Waals surface area contributed by atoms with Crippen molar-refractivity contribution < 1.29 is 19.1 Å². The Kier molecular flexibility index (Phi) is 6.38. The lowest BCUT2D eigenvalue weighted by Crippen LogP contribution is -2.24. The van der Waals surface area contributed by atoms with Crippen molar-refractivity contribution in [1.29, 1.82) is 0 Å². The molecule has 2 heterocycles. The van der Waals surface area contributed by atoms with Gasteiger partial charge in [-0.15, -0.1) is 11.3 Å². The summed E-state index contributed by atoms with van der Waals surface area (Å²) in [5.41, 5.74) is 1.51. The van der Waals surface area contributed by atoms with Crippen LogP contribution in [0.2, 0.25) is 0 Å². The Morgan fingerprint density at radius 1 is 1.07 bits per heavy atom. The zero-order valence-corrected chi connectivity index (χ0v) is 15.5. The third kappa shape index (κ3) is 5.04. The first-order valence-electron chi connectivity index (χ1n) is 8.75. The fourth-order valence-corrected chi connectivity index (χ4v) is 3.60. The fraction of sp³-hybridized carbons (Fsp3) is 0.250. The zero-order valence-electron chi connectivity index (χ0n) is 14.7. The second-order valence-corrected chi connectivity index (χ2v) is 7.00. The van der Waals surface area contributed by atoms with Crippen LogP contribution >= 0.6 is 11.3 Å². The summed E-state index contributed by atoms with van der Waals surface area (Å²) in [5, 5.41) is 12.2. The van der Waals surface area contributed by atoms with Gasteiger partial charge in [0, 0.05) is 18.5 Å². The van der Waals surface area contributed by atoms with Crippen LogP contribution in [-0.4, -0.2) is 28.5 Å². The molecule has 3 rings (SSSR count). The number of benzene rings is 1. The molecule has 0 bridgehead atoms. The number of furan rings is 1. The van der Waals surface area contributed by atoms with E-state index >= 15 is 0 Å². The number of amides is 1. The van der Waals surface area contributed by atoms with Gasteiger partial charge in [-0.3, -0.25) is 9.59 Å². The van der Waals surface area contributed by atoms with Gasteiger partial charge in [0.1, 0.15) is 4.88 Å². The van der Waals surface area contributed by atoms with E-state index in [0.717, 1.165) is 18.4 Å². The highest BCUT2D eigenvalue weighted by molar-refractivity contribution is 7.17. The van der Waals surface area contributed by atoms with Gasteiger partial charge in [-0.1, -0.05) is 36.8 Å². The summed E-state index contributed by atoms with van der Waals surface area (Å²) in [6, 6.07) is 13.2. The fourth-order valence-electron chi connectivity index (χ4n) is 2.63. The van der Waals surface area contributed by atoms with Crippen molar-refractivity contribution in [2.24, 2.45) is 0 Å². The highest BCUT2D eigenvalue weighted by atomic mass is 32.1. The molecule has 27 heavy (non-hydrogen) atoms. The SMILES string of the molecule is O=C(O)CCCCCNC(=O)c1sc(-c2ccco2)nc1-c1ccccc1. The predicted octanol–water partition coefficient (Wildman–Crippen LogP) is 4.44. The molecule has 1 amide bonds. The second kappa shape index (κ2) is 9.14. The average molecular weight is 384 g/mol. The second-order valence-electron chi connectivity index (χ2n) is 6.00. The summed E-state index contributed by atoms with van der Waals surface area (Å²) >= 11 is 1.30. The topological polar surface area (TPSA) is 92.4 Å². The Labute approximate surface area is 160 Å². The maximum Gasteiger partial charge on any atom is 0.303 e. The van der Waals surface area contributed by atoms with Gasteiger partial charge in [-0.05, 0) is 25.0 Å². The molecule has 2 aromatic heterocycles. The Bertz CT molecular complexity index is 888. The lowest BCUT2D eigenvalue weighted by molar-refractivity contribution is -0.137. The Morgan fingerprint density at radius 3 is 2.59 bits per heavy atom. The average Bonchev–Trinajstić information content (AvgIpc) is 3.34. The number of nitrogens with zero attached hydrogens (tertiary/aromatic N) is 1. The minimum atomic E-state index is -0.790. The maximum absolute atomic E-state index is 12.7. The lowest BCUT2D eigenvalue weighted by atomic mass is 10.1. The molecule has 1 aromatic carbocycles. The van der Waals surface area contributed by atoms with Gasteiger partial charge in [-0.25, -0.2) is 4.98 Å². The van der Waals surface area contributed by atoms with Crippen LogP contribution in [0.5, 0.6) is 0 Å². The molecule has 0 aliphatic carbocycles. The third-order valence-electron chi connectivity index (χ3n) is 3.97. The third-order valence-corrected chi connectivity index (χ3v) is 5.03. The molecule has 0 aliphatic rings. The van der Waals surface area contributed by atoms with E-state index in [1.807, 2.05) is 36.4 Å². The number of carboxylic acid groups (broad SMARTS) is 1. The van der Waals surface area contributed by atoms with Crippen molar-refractivity contribution >= 4 is 23.2 Å². The maximum atomic E-state index is 12.7. The van der Waals surface area contributed by atoms with Crippen molar-refractivity contribution in [3.63, 3.8) is 0 Å². The minimum absolute atomic E-state index is 0.160. The number of unbranched alkanes of at least 4 members (excludes halogenated alkanes) is 2. The molecule has 0 unspecified atom stereocenters. The molecular weight excluding hydrogens is 364 g/mol. The van der Waals surface area contributed by atoms with Gasteiger partial charge in [-0.2, -0.15) is 0 Å². The number of aliphatic carboxylic acids is 1. The van der Waals surface area contributed by atoms with Crippen LogP contribution in [-0.2, 0) is 4.79 Å². The number of aromatic nitrogens is 1. The van der Waals surface area contributed by atoms with Crippen LogP contribution in [0.1, 0.15) is 35.4 Å². The van der Waals surface area contributed by atoms with Gasteiger partial charge < -0.3 is 14.8 Å². The molecule has 0 radical (unpaired) electrons. The first-order chi connectivity index (χ1) is 13.1. The Hall–Kier alpha value is -2.93. The van der Waals surface area contributed by atoms with Crippen LogP contribution in [0.4, 0.5) is 0 Å². The molecule has 0 atom stereocenters. The van der Waals surface area contributed by atoms with Crippen LogP contribution in [0, 0.1) is 0 Å². The van der Waals surface area contributed by atoms with Crippen molar-refractivity contribution in [2.45, 2.75) is 25.7 Å². The lowest BCUT2D eigenvalue weighted by Gasteiger charge is -2.05. The summed E-state index contributed by atoms with van der Waals surface area (Å²) in [6.07, 6.45) is 3.86. The molecule has 7 heteroatoms. The Morgan fingerprint density at radius 2 is 1.89 bits per heavy atom. The van der Waals surface area contributed by atoms with Gasteiger partial charge in [0.25, 0.3) is 5.91 Å². The number of nitrogens with one attached hydrogen (secondary N) is 1. The van der Waals surface area contributed by atoms with E-state index in [-0.39, 0.29) is 12.3 Å². The highest BCUT2D eigenvalue weighted by Crippen LogP contribution is 2.34. The number of carboxylic acids is 1. The number of thiazole rings is 1. The van der Waals surface area contributed by atoms with E-state index in [0.29, 0.717) is 34.3 Å². The van der Waals surface area contributed by atoms with E-state index in [9.17, 15) is 9.59 Å². The molecule has 2 N–H and O–H groups in total. The minimum Gasteiger partial charge on any atom is -0.481 e. The molecule has 0 fully saturated rings. The van der Waals surface area contributed by atoms with Crippen LogP contribution in [0.15, 0.2) is 53.1 Å². The van der Waals surface area contributed by atoms with E-state index in [2.05, 4.69) is 10.3 Å². The quantitative estimate of drug-likeness (QED) is 0.532. The summed E-state index contributed by atoms with van der Waals surface area (Å²) < 4.78 is 5.42. The standard InChI is InChI=1S/C20H20N2O4S/c23-16(24)11-5-2-6-12-21-19(25)18-17(14-8-3-1-4-9-14)22-20(27-18)15-10-7-13-26-15/h1,3-4,7-10,13H,2,5-6,11-12H2,(H,21,25)(H,23,24). The van der Waals surface area contributed by atoms with Crippen molar-refractivity contribution in [1.82, 2.24) is 10.3 Å². The smallest absolute Gasteiger partial charge is 0.303 e. The van der Waals surface area contributed by atoms with E-state index < -0.39 is 5.97 Å². The van der Waals surface area contributed by atoms with Crippen molar-refractivity contribution in [2.75, 3.05) is 6.54 Å².